The minimum atomic E-state index is -3.03. The Hall–Kier alpha value is -1.41. The molecule has 0 bridgehead atoms. The first kappa shape index (κ1) is 16.4. The van der Waals surface area contributed by atoms with Crippen LogP contribution in [-0.2, 0) is 14.6 Å². The molecule has 0 unspecified atom stereocenters. The van der Waals surface area contributed by atoms with Crippen molar-refractivity contribution in [2.75, 3.05) is 24.6 Å². The third-order valence-corrected chi connectivity index (χ3v) is 6.55. The summed E-state index contributed by atoms with van der Waals surface area (Å²) in [7, 11) is -3.03. The lowest BCUT2D eigenvalue weighted by Gasteiger charge is -2.27. The Morgan fingerprint density at radius 1 is 1.57 bits per heavy atom. The van der Waals surface area contributed by atoms with Gasteiger partial charge in [0.2, 0.25) is 5.91 Å². The number of aromatic nitrogens is 1. The standard InChI is InChI=1S/C15H23N3O4S/c1-11-8-12(17-22-11)13-4-3-6-18(13)9-14(19)16-15(2)5-7-23(20,21)10-15/h8,13H,3-7,9-10H2,1-2H3,(H,16,19)/t13-,15-/m0/s1. The minimum Gasteiger partial charge on any atom is -0.361 e. The Kier molecular flexibility index (Phi) is 4.22. The van der Waals surface area contributed by atoms with Gasteiger partial charge in [-0.2, -0.15) is 0 Å². The number of hydrogen-bond acceptors (Lipinski definition) is 6. The second-order valence-corrected chi connectivity index (χ2v) is 9.13. The molecule has 2 saturated heterocycles. The van der Waals surface area contributed by atoms with Crippen molar-refractivity contribution in [3.63, 3.8) is 0 Å². The van der Waals surface area contributed by atoms with Crippen LogP contribution in [0.25, 0.3) is 0 Å². The van der Waals surface area contributed by atoms with Crippen LogP contribution < -0.4 is 5.32 Å². The molecule has 0 aromatic carbocycles. The van der Waals surface area contributed by atoms with Gasteiger partial charge in [0.25, 0.3) is 0 Å². The van der Waals surface area contributed by atoms with E-state index in [1.165, 1.54) is 0 Å². The van der Waals surface area contributed by atoms with Gasteiger partial charge in [-0.15, -0.1) is 0 Å². The highest BCUT2D eigenvalue weighted by Gasteiger charge is 2.40. The van der Waals surface area contributed by atoms with Crippen LogP contribution >= 0.6 is 0 Å². The van der Waals surface area contributed by atoms with Crippen molar-refractivity contribution in [3.8, 4) is 0 Å². The summed E-state index contributed by atoms with van der Waals surface area (Å²) >= 11 is 0. The molecule has 0 aliphatic carbocycles. The highest BCUT2D eigenvalue weighted by atomic mass is 32.2. The molecule has 1 amide bonds. The molecule has 3 heterocycles. The number of sulfone groups is 1. The zero-order valence-corrected chi connectivity index (χ0v) is 14.4. The topological polar surface area (TPSA) is 92.5 Å². The molecule has 1 aromatic rings. The zero-order valence-electron chi connectivity index (χ0n) is 13.5. The van der Waals surface area contributed by atoms with E-state index in [-0.39, 0.29) is 30.0 Å². The van der Waals surface area contributed by atoms with Crippen LogP contribution in [0.15, 0.2) is 10.6 Å². The van der Waals surface area contributed by atoms with Crippen molar-refractivity contribution in [3.05, 3.63) is 17.5 Å². The maximum absolute atomic E-state index is 12.4. The highest BCUT2D eigenvalue weighted by Crippen LogP contribution is 2.31. The molecule has 2 fully saturated rings. The average Bonchev–Trinajstić information content (AvgIpc) is 3.10. The second-order valence-electron chi connectivity index (χ2n) is 6.94. The van der Waals surface area contributed by atoms with E-state index in [0.29, 0.717) is 6.42 Å². The Balaban J connectivity index is 1.61. The Morgan fingerprint density at radius 2 is 2.35 bits per heavy atom. The number of rotatable bonds is 4. The average molecular weight is 341 g/mol. The summed E-state index contributed by atoms with van der Waals surface area (Å²) < 4.78 is 28.4. The van der Waals surface area contributed by atoms with Gasteiger partial charge >= 0.3 is 0 Å². The molecular formula is C15H23N3O4S. The summed E-state index contributed by atoms with van der Waals surface area (Å²) in [6.07, 6.45) is 2.44. The summed E-state index contributed by atoms with van der Waals surface area (Å²) in [6.45, 7) is 4.74. The van der Waals surface area contributed by atoms with E-state index in [0.717, 1.165) is 30.8 Å². The minimum absolute atomic E-state index is 0.0254. The number of carbonyl (C=O) groups excluding carboxylic acids is 1. The van der Waals surface area contributed by atoms with Gasteiger partial charge in [-0.1, -0.05) is 5.16 Å². The van der Waals surface area contributed by atoms with E-state index in [2.05, 4.69) is 15.4 Å². The molecule has 1 N–H and O–H groups in total. The highest BCUT2D eigenvalue weighted by molar-refractivity contribution is 7.91. The first-order valence-corrected chi connectivity index (χ1v) is 9.77. The van der Waals surface area contributed by atoms with Crippen LogP contribution in [0.1, 0.15) is 43.7 Å². The van der Waals surface area contributed by atoms with Crippen LogP contribution in [0.4, 0.5) is 0 Å². The molecule has 23 heavy (non-hydrogen) atoms. The molecule has 128 valence electrons. The molecule has 1 aromatic heterocycles. The molecule has 8 heteroatoms. The van der Waals surface area contributed by atoms with E-state index in [4.69, 9.17) is 4.52 Å². The van der Waals surface area contributed by atoms with Gasteiger partial charge in [-0.05, 0) is 39.7 Å². The number of likely N-dealkylation sites (tertiary alicyclic amines) is 1. The van der Waals surface area contributed by atoms with E-state index in [9.17, 15) is 13.2 Å². The maximum atomic E-state index is 12.4. The number of nitrogens with zero attached hydrogens (tertiary/aromatic N) is 2. The third kappa shape index (κ3) is 3.74. The van der Waals surface area contributed by atoms with Gasteiger partial charge in [0.05, 0.1) is 29.6 Å². The predicted octanol–water partition coefficient (Wildman–Crippen LogP) is 0.813. The van der Waals surface area contributed by atoms with Gasteiger partial charge < -0.3 is 9.84 Å². The Labute approximate surface area is 136 Å². The SMILES string of the molecule is Cc1cc([C@@H]2CCCN2CC(=O)N[C@@]2(C)CCS(=O)(=O)C2)no1. The molecule has 7 nitrogen and oxygen atoms in total. The fourth-order valence-electron chi connectivity index (χ4n) is 3.56. The fraction of sp³-hybridized carbons (Fsp3) is 0.733. The summed E-state index contributed by atoms with van der Waals surface area (Å²) in [4.78, 5) is 14.4. The van der Waals surface area contributed by atoms with E-state index >= 15 is 0 Å². The van der Waals surface area contributed by atoms with E-state index < -0.39 is 15.4 Å². The van der Waals surface area contributed by atoms with Gasteiger partial charge in [-0.3, -0.25) is 9.69 Å². The van der Waals surface area contributed by atoms with Crippen molar-refractivity contribution in [1.82, 2.24) is 15.4 Å². The van der Waals surface area contributed by atoms with Gasteiger partial charge in [-0.25, -0.2) is 8.42 Å². The number of carbonyl (C=O) groups is 1. The number of aryl methyl sites for hydroxylation is 1. The Bertz CT molecular complexity index is 699. The van der Waals surface area contributed by atoms with Crippen LogP contribution in [0.2, 0.25) is 0 Å². The van der Waals surface area contributed by atoms with Crippen molar-refractivity contribution < 1.29 is 17.7 Å². The van der Waals surface area contributed by atoms with Gasteiger partial charge in [0, 0.05) is 6.07 Å². The zero-order chi connectivity index (χ0) is 16.7. The largest absolute Gasteiger partial charge is 0.361 e. The molecule has 2 atom stereocenters. The molecular weight excluding hydrogens is 318 g/mol. The molecule has 0 spiro atoms. The summed E-state index contributed by atoms with van der Waals surface area (Å²) in [5.74, 6) is 0.808. The lowest BCUT2D eigenvalue weighted by Crippen LogP contribution is -2.50. The quantitative estimate of drug-likeness (QED) is 0.871. The molecule has 0 saturated carbocycles. The van der Waals surface area contributed by atoms with Crippen molar-refractivity contribution in [2.45, 2.75) is 44.7 Å². The predicted molar refractivity (Wildman–Crippen MR) is 84.6 cm³/mol. The number of amides is 1. The summed E-state index contributed by atoms with van der Waals surface area (Å²) in [6, 6.07) is 2.00. The first-order valence-electron chi connectivity index (χ1n) is 7.95. The lowest BCUT2D eigenvalue weighted by atomic mass is 10.0. The number of nitrogens with one attached hydrogen (secondary N) is 1. The summed E-state index contributed by atoms with van der Waals surface area (Å²) in [5, 5.41) is 6.97. The van der Waals surface area contributed by atoms with Crippen molar-refractivity contribution in [2.24, 2.45) is 0 Å². The molecule has 2 aliphatic heterocycles. The summed E-state index contributed by atoms with van der Waals surface area (Å²) in [5.41, 5.74) is 0.220. The van der Waals surface area contributed by atoms with Crippen LogP contribution in [0, 0.1) is 6.92 Å². The van der Waals surface area contributed by atoms with Crippen molar-refractivity contribution >= 4 is 15.7 Å². The van der Waals surface area contributed by atoms with Crippen LogP contribution in [0.3, 0.4) is 0 Å². The van der Waals surface area contributed by atoms with Gasteiger partial charge in [0.1, 0.15) is 11.5 Å². The fourth-order valence-corrected chi connectivity index (χ4v) is 5.66. The lowest BCUT2D eigenvalue weighted by molar-refractivity contribution is -0.124. The van der Waals surface area contributed by atoms with Gasteiger partial charge in [0.15, 0.2) is 9.84 Å². The third-order valence-electron chi connectivity index (χ3n) is 4.64. The van der Waals surface area contributed by atoms with E-state index in [1.807, 2.05) is 13.0 Å². The second kappa shape index (κ2) is 5.90. The Morgan fingerprint density at radius 3 is 2.96 bits per heavy atom. The molecule has 3 rings (SSSR count). The maximum Gasteiger partial charge on any atom is 0.234 e. The smallest absolute Gasteiger partial charge is 0.234 e. The first-order chi connectivity index (χ1) is 10.8. The molecule has 2 aliphatic rings. The normalized spacial score (nSPS) is 30.6. The van der Waals surface area contributed by atoms with Crippen molar-refractivity contribution in [1.29, 1.82) is 0 Å². The van der Waals surface area contributed by atoms with Crippen LogP contribution in [0.5, 0.6) is 0 Å². The molecule has 0 radical (unpaired) electrons. The monoisotopic (exact) mass is 341 g/mol. The van der Waals surface area contributed by atoms with Crippen LogP contribution in [-0.4, -0.2) is 54.5 Å². The number of hydrogen-bond donors (Lipinski definition) is 1. The van der Waals surface area contributed by atoms with E-state index in [1.54, 1.807) is 6.92 Å².